The summed E-state index contributed by atoms with van der Waals surface area (Å²) in [5.74, 6) is 2.88. The summed E-state index contributed by atoms with van der Waals surface area (Å²) in [6, 6.07) is 2.10. The van der Waals surface area contributed by atoms with Crippen molar-refractivity contribution in [1.82, 2.24) is 29.7 Å². The molecule has 146 valence electrons. The standard InChI is InChI=1S/C19H25N9/c1-14-11-16(24-19(23-14)28-5-3-4-6-28)26-7-9-27(10-8-26)18-15-12-22-25(2)17(15)20-13-21-18/h11-13H,3-10H2,1-2H3. The van der Waals surface area contributed by atoms with Gasteiger partial charge in [0.15, 0.2) is 5.65 Å². The summed E-state index contributed by atoms with van der Waals surface area (Å²) < 4.78 is 1.79. The van der Waals surface area contributed by atoms with Crippen LogP contribution in [0.2, 0.25) is 0 Å². The minimum atomic E-state index is 0.870. The number of piperazine rings is 1. The van der Waals surface area contributed by atoms with E-state index in [9.17, 15) is 0 Å². The van der Waals surface area contributed by atoms with E-state index in [0.29, 0.717) is 0 Å². The van der Waals surface area contributed by atoms with Gasteiger partial charge >= 0.3 is 0 Å². The molecule has 5 rings (SSSR count). The Balaban J connectivity index is 1.34. The highest BCUT2D eigenvalue weighted by Crippen LogP contribution is 2.25. The van der Waals surface area contributed by atoms with Crippen LogP contribution < -0.4 is 14.7 Å². The minimum absolute atomic E-state index is 0.870. The van der Waals surface area contributed by atoms with E-state index in [1.54, 1.807) is 11.0 Å². The number of nitrogens with zero attached hydrogens (tertiary/aromatic N) is 9. The summed E-state index contributed by atoms with van der Waals surface area (Å²) in [7, 11) is 1.91. The van der Waals surface area contributed by atoms with Gasteiger partial charge in [-0.3, -0.25) is 4.68 Å². The zero-order valence-electron chi connectivity index (χ0n) is 16.4. The largest absolute Gasteiger partial charge is 0.353 e. The lowest BCUT2D eigenvalue weighted by Gasteiger charge is -2.36. The van der Waals surface area contributed by atoms with Gasteiger partial charge < -0.3 is 14.7 Å². The van der Waals surface area contributed by atoms with Gasteiger partial charge in [0, 0.05) is 58.1 Å². The lowest BCUT2D eigenvalue weighted by Crippen LogP contribution is -2.47. The maximum atomic E-state index is 4.87. The second-order valence-electron chi connectivity index (χ2n) is 7.54. The third kappa shape index (κ3) is 3.00. The molecule has 3 aromatic rings. The molecule has 9 nitrogen and oxygen atoms in total. The zero-order chi connectivity index (χ0) is 19.1. The van der Waals surface area contributed by atoms with Crippen molar-refractivity contribution in [3.05, 3.63) is 24.3 Å². The molecular weight excluding hydrogens is 354 g/mol. The van der Waals surface area contributed by atoms with Gasteiger partial charge in [0.2, 0.25) is 5.95 Å². The van der Waals surface area contributed by atoms with E-state index in [2.05, 4.69) is 47.7 Å². The van der Waals surface area contributed by atoms with Crippen molar-refractivity contribution in [3.63, 3.8) is 0 Å². The average Bonchev–Trinajstić information content (AvgIpc) is 3.38. The van der Waals surface area contributed by atoms with Crippen molar-refractivity contribution in [1.29, 1.82) is 0 Å². The number of hydrogen-bond acceptors (Lipinski definition) is 8. The Labute approximate surface area is 164 Å². The van der Waals surface area contributed by atoms with Gasteiger partial charge in [0.1, 0.15) is 18.0 Å². The summed E-state index contributed by atoms with van der Waals surface area (Å²) in [4.78, 5) is 25.4. The minimum Gasteiger partial charge on any atom is -0.353 e. The highest BCUT2D eigenvalue weighted by Gasteiger charge is 2.23. The molecule has 2 aliphatic rings. The molecule has 28 heavy (non-hydrogen) atoms. The number of rotatable bonds is 3. The maximum Gasteiger partial charge on any atom is 0.227 e. The highest BCUT2D eigenvalue weighted by atomic mass is 15.3. The van der Waals surface area contributed by atoms with Crippen molar-refractivity contribution < 1.29 is 0 Å². The van der Waals surface area contributed by atoms with Gasteiger partial charge in [-0.25, -0.2) is 15.0 Å². The molecule has 0 atom stereocenters. The third-order valence-corrected chi connectivity index (χ3v) is 5.63. The van der Waals surface area contributed by atoms with Gasteiger partial charge in [0.25, 0.3) is 0 Å². The zero-order valence-corrected chi connectivity index (χ0v) is 16.4. The molecular formula is C19H25N9. The molecule has 0 spiro atoms. The van der Waals surface area contributed by atoms with Gasteiger partial charge in [-0.2, -0.15) is 10.1 Å². The van der Waals surface area contributed by atoms with E-state index in [4.69, 9.17) is 4.98 Å². The molecule has 0 bridgehead atoms. The first-order valence-corrected chi connectivity index (χ1v) is 9.92. The highest BCUT2D eigenvalue weighted by molar-refractivity contribution is 5.86. The third-order valence-electron chi connectivity index (χ3n) is 5.63. The van der Waals surface area contributed by atoms with Crippen molar-refractivity contribution in [3.8, 4) is 0 Å². The van der Waals surface area contributed by atoms with E-state index in [1.165, 1.54) is 12.8 Å². The molecule has 2 fully saturated rings. The van der Waals surface area contributed by atoms with Crippen LogP contribution in [0.5, 0.6) is 0 Å². The number of fused-ring (bicyclic) bond motifs is 1. The Kier molecular flexibility index (Phi) is 4.22. The molecule has 0 N–H and O–H groups in total. The summed E-state index contributed by atoms with van der Waals surface area (Å²) in [5.41, 5.74) is 1.90. The fourth-order valence-electron chi connectivity index (χ4n) is 4.11. The Bertz CT molecular complexity index is 984. The smallest absolute Gasteiger partial charge is 0.227 e. The molecule has 5 heterocycles. The van der Waals surface area contributed by atoms with E-state index in [0.717, 1.165) is 73.6 Å². The first-order valence-electron chi connectivity index (χ1n) is 9.92. The summed E-state index contributed by atoms with van der Waals surface area (Å²) in [6.45, 7) is 7.77. The Morgan fingerprint density at radius 2 is 1.61 bits per heavy atom. The molecule has 2 saturated heterocycles. The Morgan fingerprint density at radius 1 is 0.857 bits per heavy atom. The molecule has 3 aromatic heterocycles. The molecule has 0 aliphatic carbocycles. The molecule has 0 saturated carbocycles. The van der Waals surface area contributed by atoms with Gasteiger partial charge in [0.05, 0.1) is 11.6 Å². The van der Waals surface area contributed by atoms with Crippen molar-refractivity contribution in [2.45, 2.75) is 19.8 Å². The Hall–Kier alpha value is -2.97. The average molecular weight is 379 g/mol. The van der Waals surface area contributed by atoms with Crippen LogP contribution in [0.4, 0.5) is 17.6 Å². The van der Waals surface area contributed by atoms with Gasteiger partial charge in [-0.15, -0.1) is 0 Å². The van der Waals surface area contributed by atoms with Gasteiger partial charge in [-0.05, 0) is 19.8 Å². The number of aromatic nitrogens is 6. The lowest BCUT2D eigenvalue weighted by atomic mass is 10.2. The molecule has 0 aromatic carbocycles. The molecule has 9 heteroatoms. The second-order valence-corrected chi connectivity index (χ2v) is 7.54. The number of anilines is 3. The van der Waals surface area contributed by atoms with E-state index >= 15 is 0 Å². The van der Waals surface area contributed by atoms with Crippen LogP contribution in [-0.4, -0.2) is 69.0 Å². The quantitative estimate of drug-likeness (QED) is 0.676. The maximum absolute atomic E-state index is 4.87. The SMILES string of the molecule is Cc1cc(N2CCN(c3ncnc4c3cnn4C)CC2)nc(N2CCCC2)n1. The van der Waals surface area contributed by atoms with Gasteiger partial charge in [-0.1, -0.05) is 0 Å². The molecule has 0 unspecified atom stereocenters. The van der Waals surface area contributed by atoms with E-state index in [1.807, 2.05) is 13.2 Å². The first-order chi connectivity index (χ1) is 13.7. The second kappa shape index (κ2) is 6.88. The summed E-state index contributed by atoms with van der Waals surface area (Å²) in [6.07, 6.45) is 5.94. The van der Waals surface area contributed by atoms with Crippen LogP contribution in [0.3, 0.4) is 0 Å². The topological polar surface area (TPSA) is 79.1 Å². The molecule has 2 aliphatic heterocycles. The summed E-state index contributed by atoms with van der Waals surface area (Å²) in [5, 5.41) is 5.33. The Morgan fingerprint density at radius 3 is 2.39 bits per heavy atom. The van der Waals surface area contributed by atoms with E-state index in [-0.39, 0.29) is 0 Å². The van der Waals surface area contributed by atoms with Crippen molar-refractivity contribution in [2.24, 2.45) is 7.05 Å². The van der Waals surface area contributed by atoms with Crippen molar-refractivity contribution in [2.75, 3.05) is 54.0 Å². The van der Waals surface area contributed by atoms with E-state index < -0.39 is 0 Å². The van der Waals surface area contributed by atoms with Crippen LogP contribution in [0, 0.1) is 6.92 Å². The lowest BCUT2D eigenvalue weighted by molar-refractivity contribution is 0.641. The monoisotopic (exact) mass is 379 g/mol. The molecule has 0 radical (unpaired) electrons. The van der Waals surface area contributed by atoms with Crippen LogP contribution in [-0.2, 0) is 7.05 Å². The van der Waals surface area contributed by atoms with Crippen LogP contribution in [0.15, 0.2) is 18.6 Å². The van der Waals surface area contributed by atoms with Crippen molar-refractivity contribution >= 4 is 28.6 Å². The van der Waals surface area contributed by atoms with Crippen LogP contribution in [0.25, 0.3) is 11.0 Å². The first kappa shape index (κ1) is 17.2. The summed E-state index contributed by atoms with van der Waals surface area (Å²) >= 11 is 0. The normalized spacial score (nSPS) is 17.7. The fraction of sp³-hybridized carbons (Fsp3) is 0.526. The van der Waals surface area contributed by atoms with Crippen LogP contribution in [0.1, 0.15) is 18.5 Å². The van der Waals surface area contributed by atoms with Crippen LogP contribution >= 0.6 is 0 Å². The number of aryl methyl sites for hydroxylation is 2. The number of hydrogen-bond donors (Lipinski definition) is 0. The fourth-order valence-corrected chi connectivity index (χ4v) is 4.11. The molecule has 0 amide bonds. The predicted molar refractivity (Wildman–Crippen MR) is 109 cm³/mol. The predicted octanol–water partition coefficient (Wildman–Crippen LogP) is 1.39.